The standard InChI is InChI=1S/C12H16N6O/c1-18-5-3-8(17-18)2-4-15-11-6-9(12(14)19)10(13)7-16-11/h3,5-7H,2,4,13H2,1H3,(H2,14,19)(H,15,16). The van der Waals surface area contributed by atoms with Crippen molar-refractivity contribution in [1.82, 2.24) is 14.8 Å². The van der Waals surface area contributed by atoms with Crippen LogP contribution in [0.25, 0.3) is 0 Å². The lowest BCUT2D eigenvalue weighted by Gasteiger charge is -2.07. The summed E-state index contributed by atoms with van der Waals surface area (Å²) >= 11 is 0. The molecule has 0 bridgehead atoms. The van der Waals surface area contributed by atoms with E-state index in [0.29, 0.717) is 12.4 Å². The lowest BCUT2D eigenvalue weighted by molar-refractivity contribution is 0.100. The van der Waals surface area contributed by atoms with E-state index in [1.165, 1.54) is 6.20 Å². The van der Waals surface area contributed by atoms with Gasteiger partial charge in [-0.05, 0) is 12.1 Å². The molecule has 19 heavy (non-hydrogen) atoms. The third kappa shape index (κ3) is 3.21. The van der Waals surface area contributed by atoms with Gasteiger partial charge in [0.25, 0.3) is 5.91 Å². The number of primary amides is 1. The summed E-state index contributed by atoms with van der Waals surface area (Å²) in [7, 11) is 1.87. The van der Waals surface area contributed by atoms with Crippen LogP contribution in [0.5, 0.6) is 0 Å². The molecule has 0 aromatic carbocycles. The molecule has 0 fully saturated rings. The summed E-state index contributed by atoms with van der Waals surface area (Å²) in [4.78, 5) is 15.2. The second-order valence-electron chi connectivity index (χ2n) is 4.18. The van der Waals surface area contributed by atoms with E-state index in [-0.39, 0.29) is 11.3 Å². The van der Waals surface area contributed by atoms with Gasteiger partial charge in [0.2, 0.25) is 0 Å². The van der Waals surface area contributed by atoms with Crippen LogP contribution in [-0.4, -0.2) is 27.2 Å². The SMILES string of the molecule is Cn1ccc(CCNc2cc(C(N)=O)c(N)cn2)n1. The van der Waals surface area contributed by atoms with Crippen LogP contribution in [0.1, 0.15) is 16.1 Å². The van der Waals surface area contributed by atoms with Crippen LogP contribution in [0.15, 0.2) is 24.5 Å². The number of pyridine rings is 1. The molecule has 0 spiro atoms. The number of aromatic nitrogens is 3. The second-order valence-corrected chi connectivity index (χ2v) is 4.18. The van der Waals surface area contributed by atoms with Gasteiger partial charge in [0.05, 0.1) is 23.1 Å². The number of hydrogen-bond donors (Lipinski definition) is 3. The number of carbonyl (C=O) groups excluding carboxylic acids is 1. The van der Waals surface area contributed by atoms with E-state index in [0.717, 1.165) is 12.1 Å². The average Bonchev–Trinajstić information content (AvgIpc) is 2.77. The molecule has 7 nitrogen and oxygen atoms in total. The Labute approximate surface area is 110 Å². The molecule has 0 aliphatic carbocycles. The van der Waals surface area contributed by atoms with Gasteiger partial charge in [0.15, 0.2) is 0 Å². The minimum absolute atomic E-state index is 0.273. The molecule has 2 aromatic heterocycles. The zero-order chi connectivity index (χ0) is 13.8. The number of amides is 1. The van der Waals surface area contributed by atoms with E-state index in [9.17, 15) is 4.79 Å². The molecule has 0 atom stereocenters. The molecule has 7 heteroatoms. The van der Waals surface area contributed by atoms with E-state index in [1.807, 2.05) is 19.3 Å². The Kier molecular flexibility index (Phi) is 3.65. The minimum Gasteiger partial charge on any atom is -0.397 e. The van der Waals surface area contributed by atoms with Crippen molar-refractivity contribution in [3.8, 4) is 0 Å². The highest BCUT2D eigenvalue weighted by Crippen LogP contribution is 2.14. The van der Waals surface area contributed by atoms with Crippen molar-refractivity contribution in [2.75, 3.05) is 17.6 Å². The predicted octanol–water partition coefficient (Wildman–Crippen LogP) is 0.151. The Balaban J connectivity index is 1.96. The van der Waals surface area contributed by atoms with Crippen molar-refractivity contribution in [2.24, 2.45) is 12.8 Å². The van der Waals surface area contributed by atoms with Crippen LogP contribution >= 0.6 is 0 Å². The Morgan fingerprint density at radius 2 is 2.32 bits per heavy atom. The summed E-state index contributed by atoms with van der Waals surface area (Å²) in [5.74, 6) is 0.00612. The van der Waals surface area contributed by atoms with Gasteiger partial charge < -0.3 is 16.8 Å². The van der Waals surface area contributed by atoms with Gasteiger partial charge in [-0.15, -0.1) is 0 Å². The molecule has 2 heterocycles. The van der Waals surface area contributed by atoms with E-state index < -0.39 is 5.91 Å². The number of nitrogens with one attached hydrogen (secondary N) is 1. The molecule has 0 aliphatic rings. The summed E-state index contributed by atoms with van der Waals surface area (Å²) in [5.41, 5.74) is 12.4. The molecule has 0 radical (unpaired) electrons. The average molecular weight is 260 g/mol. The largest absolute Gasteiger partial charge is 0.397 e. The van der Waals surface area contributed by atoms with Gasteiger partial charge in [-0.3, -0.25) is 9.48 Å². The summed E-state index contributed by atoms with van der Waals surface area (Å²) < 4.78 is 1.75. The maximum absolute atomic E-state index is 11.1. The zero-order valence-electron chi connectivity index (χ0n) is 10.6. The highest BCUT2D eigenvalue weighted by molar-refractivity contribution is 5.98. The molecular weight excluding hydrogens is 244 g/mol. The molecule has 1 amide bonds. The normalized spacial score (nSPS) is 10.4. The topological polar surface area (TPSA) is 112 Å². The number of aryl methyl sites for hydroxylation is 1. The molecule has 0 aliphatic heterocycles. The first-order valence-electron chi connectivity index (χ1n) is 5.84. The Hall–Kier alpha value is -2.57. The highest BCUT2D eigenvalue weighted by Gasteiger charge is 2.07. The summed E-state index contributed by atoms with van der Waals surface area (Å²) in [6.07, 6.45) is 4.07. The van der Waals surface area contributed by atoms with Gasteiger partial charge in [-0.1, -0.05) is 0 Å². The Bertz CT molecular complexity index is 592. The van der Waals surface area contributed by atoms with Crippen molar-refractivity contribution in [3.63, 3.8) is 0 Å². The van der Waals surface area contributed by atoms with Crippen molar-refractivity contribution in [2.45, 2.75) is 6.42 Å². The van der Waals surface area contributed by atoms with Crippen LogP contribution in [0, 0.1) is 0 Å². The van der Waals surface area contributed by atoms with Gasteiger partial charge in [-0.2, -0.15) is 5.10 Å². The van der Waals surface area contributed by atoms with Gasteiger partial charge in [0, 0.05) is 26.2 Å². The second kappa shape index (κ2) is 5.38. The fourth-order valence-electron chi connectivity index (χ4n) is 1.69. The fraction of sp³-hybridized carbons (Fsp3) is 0.250. The van der Waals surface area contributed by atoms with E-state index in [2.05, 4.69) is 15.4 Å². The minimum atomic E-state index is -0.562. The van der Waals surface area contributed by atoms with Crippen LogP contribution in [0.3, 0.4) is 0 Å². The summed E-state index contributed by atoms with van der Waals surface area (Å²) in [5, 5.41) is 7.37. The number of nitrogen functional groups attached to an aromatic ring is 1. The number of nitrogens with two attached hydrogens (primary N) is 2. The number of anilines is 2. The number of carbonyl (C=O) groups is 1. The first-order valence-corrected chi connectivity index (χ1v) is 5.84. The van der Waals surface area contributed by atoms with Crippen molar-refractivity contribution >= 4 is 17.4 Å². The molecule has 100 valence electrons. The predicted molar refractivity (Wildman–Crippen MR) is 72.6 cm³/mol. The summed E-state index contributed by atoms with van der Waals surface area (Å²) in [6.45, 7) is 0.659. The van der Waals surface area contributed by atoms with Crippen LogP contribution < -0.4 is 16.8 Å². The van der Waals surface area contributed by atoms with E-state index in [1.54, 1.807) is 10.7 Å². The first-order chi connectivity index (χ1) is 9.06. The van der Waals surface area contributed by atoms with Crippen molar-refractivity contribution < 1.29 is 4.79 Å². The molecular formula is C12H16N6O. The van der Waals surface area contributed by atoms with Crippen LogP contribution in [-0.2, 0) is 13.5 Å². The number of nitrogens with zero attached hydrogens (tertiary/aromatic N) is 3. The van der Waals surface area contributed by atoms with Crippen LogP contribution in [0.2, 0.25) is 0 Å². The maximum Gasteiger partial charge on any atom is 0.250 e. The first kappa shape index (κ1) is 12.9. The Morgan fingerprint density at radius 1 is 1.53 bits per heavy atom. The van der Waals surface area contributed by atoms with E-state index in [4.69, 9.17) is 11.5 Å². The quantitative estimate of drug-likeness (QED) is 0.708. The lowest BCUT2D eigenvalue weighted by Crippen LogP contribution is -2.15. The zero-order valence-corrected chi connectivity index (χ0v) is 10.6. The highest BCUT2D eigenvalue weighted by atomic mass is 16.1. The smallest absolute Gasteiger partial charge is 0.250 e. The van der Waals surface area contributed by atoms with Gasteiger partial charge in [0.1, 0.15) is 5.82 Å². The third-order valence-electron chi connectivity index (χ3n) is 2.66. The monoisotopic (exact) mass is 260 g/mol. The molecule has 0 unspecified atom stereocenters. The van der Waals surface area contributed by atoms with Crippen molar-refractivity contribution in [1.29, 1.82) is 0 Å². The molecule has 0 saturated heterocycles. The molecule has 2 aromatic rings. The Morgan fingerprint density at radius 3 is 2.95 bits per heavy atom. The fourth-order valence-corrected chi connectivity index (χ4v) is 1.69. The number of hydrogen-bond acceptors (Lipinski definition) is 5. The van der Waals surface area contributed by atoms with Crippen molar-refractivity contribution in [3.05, 3.63) is 35.8 Å². The molecule has 5 N–H and O–H groups in total. The molecule has 2 rings (SSSR count). The van der Waals surface area contributed by atoms with Gasteiger partial charge >= 0.3 is 0 Å². The molecule has 0 saturated carbocycles. The summed E-state index contributed by atoms with van der Waals surface area (Å²) in [6, 6.07) is 3.50. The van der Waals surface area contributed by atoms with E-state index >= 15 is 0 Å². The maximum atomic E-state index is 11.1. The lowest BCUT2D eigenvalue weighted by atomic mass is 10.2. The third-order valence-corrected chi connectivity index (χ3v) is 2.66. The van der Waals surface area contributed by atoms with Gasteiger partial charge in [-0.25, -0.2) is 4.98 Å². The van der Waals surface area contributed by atoms with Crippen LogP contribution in [0.4, 0.5) is 11.5 Å². The number of rotatable bonds is 5.